The number of pyridine rings is 1. The molecular weight excluding hydrogens is 445 g/mol. The van der Waals surface area contributed by atoms with Gasteiger partial charge in [-0.05, 0) is 30.5 Å². The number of nitrogens with two attached hydrogens (primary N) is 1. The third kappa shape index (κ3) is 4.00. The molecule has 8 nitrogen and oxygen atoms in total. The van der Waals surface area contributed by atoms with Gasteiger partial charge >= 0.3 is 6.18 Å². The molecule has 1 aliphatic carbocycles. The normalized spacial score (nSPS) is 17.5. The Bertz CT molecular complexity index is 1280. The number of ketones is 1. The summed E-state index contributed by atoms with van der Waals surface area (Å²) in [6.07, 6.45) is -1.62. The summed E-state index contributed by atoms with van der Waals surface area (Å²) >= 11 is 0. The summed E-state index contributed by atoms with van der Waals surface area (Å²) in [6, 6.07) is 3.70. The number of alkyl halides is 3. The smallest absolute Gasteiger partial charge is 0.395 e. The van der Waals surface area contributed by atoms with Gasteiger partial charge in [-0.1, -0.05) is 6.92 Å². The van der Waals surface area contributed by atoms with Gasteiger partial charge in [0.15, 0.2) is 11.6 Å². The molecule has 2 aromatic heterocycles. The largest absolute Gasteiger partial charge is 0.430 e. The van der Waals surface area contributed by atoms with Crippen LogP contribution in [0.2, 0.25) is 0 Å². The molecule has 0 bridgehead atoms. The zero-order valence-corrected chi connectivity index (χ0v) is 18.4. The second-order valence-electron chi connectivity index (χ2n) is 7.61. The lowest BCUT2D eigenvalue weighted by Gasteiger charge is -2.14. The molecule has 1 atom stereocenters. The van der Waals surface area contributed by atoms with Crippen molar-refractivity contribution in [1.29, 1.82) is 10.0 Å². The topological polar surface area (TPSA) is 139 Å². The zero-order valence-electron chi connectivity index (χ0n) is 17.6. The summed E-state index contributed by atoms with van der Waals surface area (Å²) in [5, 5.41) is 9.48. The van der Waals surface area contributed by atoms with Crippen LogP contribution < -0.4 is 5.73 Å². The standard InChI is InChI=1S/C20H21F3N6O2S/c1-4-32(26,31)14-7-12(19(10-24)5-6-19)9-27-16(14)18-28-13(8-15(25)20(21,22)23)17(11(2)30)29(18)3/h7-9,26H,4-6,25H2,1-3H3/b15-8-. The molecular formula is C20H21F3N6O2S. The Morgan fingerprint density at radius 3 is 2.56 bits per heavy atom. The minimum absolute atomic E-state index is 0.000398. The van der Waals surface area contributed by atoms with Gasteiger partial charge in [0.25, 0.3) is 0 Å². The second kappa shape index (κ2) is 7.74. The molecule has 0 radical (unpaired) electrons. The lowest BCUT2D eigenvalue weighted by Crippen LogP contribution is -2.19. The number of hydrogen-bond acceptors (Lipinski definition) is 7. The minimum Gasteiger partial charge on any atom is -0.395 e. The van der Waals surface area contributed by atoms with Crippen LogP contribution in [-0.2, 0) is 22.2 Å². The van der Waals surface area contributed by atoms with Gasteiger partial charge in [-0.15, -0.1) is 0 Å². The second-order valence-corrected chi connectivity index (χ2v) is 9.98. The van der Waals surface area contributed by atoms with Crippen LogP contribution in [0.3, 0.4) is 0 Å². The van der Waals surface area contributed by atoms with Gasteiger partial charge in [0.2, 0.25) is 0 Å². The van der Waals surface area contributed by atoms with Crippen molar-refractivity contribution < 1.29 is 22.2 Å². The Morgan fingerprint density at radius 1 is 1.47 bits per heavy atom. The van der Waals surface area contributed by atoms with E-state index in [9.17, 15) is 27.4 Å². The third-order valence-electron chi connectivity index (χ3n) is 5.42. The van der Waals surface area contributed by atoms with Crippen molar-refractivity contribution in [3.05, 3.63) is 34.9 Å². The number of nitrogens with zero attached hydrogens (tertiary/aromatic N) is 4. The van der Waals surface area contributed by atoms with E-state index in [2.05, 4.69) is 16.0 Å². The van der Waals surface area contributed by atoms with Crippen molar-refractivity contribution in [3.8, 4) is 17.6 Å². The molecule has 1 unspecified atom stereocenters. The van der Waals surface area contributed by atoms with Crippen molar-refractivity contribution >= 4 is 21.6 Å². The van der Waals surface area contributed by atoms with E-state index >= 15 is 0 Å². The first kappa shape index (κ1) is 23.5. The van der Waals surface area contributed by atoms with Crippen LogP contribution in [0.5, 0.6) is 0 Å². The summed E-state index contributed by atoms with van der Waals surface area (Å²) in [5.41, 5.74) is 3.00. The zero-order chi connectivity index (χ0) is 24.1. The Hall–Kier alpha value is -3.20. The van der Waals surface area contributed by atoms with Crippen LogP contribution in [-0.4, -0.2) is 36.5 Å². The predicted molar refractivity (Wildman–Crippen MR) is 111 cm³/mol. The highest BCUT2D eigenvalue weighted by Gasteiger charge is 2.46. The van der Waals surface area contributed by atoms with Crippen LogP contribution in [0.4, 0.5) is 13.2 Å². The molecule has 32 heavy (non-hydrogen) atoms. The molecule has 1 saturated carbocycles. The Morgan fingerprint density at radius 2 is 2.09 bits per heavy atom. The molecule has 3 rings (SSSR count). The van der Waals surface area contributed by atoms with Crippen LogP contribution in [0.25, 0.3) is 17.6 Å². The number of nitriles is 1. The van der Waals surface area contributed by atoms with E-state index in [1.165, 1.54) is 30.8 Å². The summed E-state index contributed by atoms with van der Waals surface area (Å²) in [5.74, 6) is -0.648. The maximum Gasteiger partial charge on any atom is 0.430 e. The van der Waals surface area contributed by atoms with Crippen molar-refractivity contribution in [2.45, 2.75) is 43.2 Å². The van der Waals surface area contributed by atoms with E-state index in [4.69, 9.17) is 10.5 Å². The number of rotatable bonds is 6. The number of Topliss-reactive ketones (excluding diaryl/α,β-unsaturated/α-hetero) is 1. The molecule has 0 amide bonds. The van der Waals surface area contributed by atoms with Gasteiger partial charge in [0.1, 0.15) is 17.1 Å². The first-order chi connectivity index (χ1) is 14.8. The first-order valence-electron chi connectivity index (χ1n) is 9.58. The maximum absolute atomic E-state index is 13.0. The fourth-order valence-electron chi connectivity index (χ4n) is 3.35. The van der Waals surface area contributed by atoms with Gasteiger partial charge < -0.3 is 10.3 Å². The van der Waals surface area contributed by atoms with E-state index in [1.54, 1.807) is 6.92 Å². The fraction of sp³-hybridized carbons (Fsp3) is 0.400. The van der Waals surface area contributed by atoms with Crippen LogP contribution in [0, 0.1) is 16.1 Å². The molecule has 3 N–H and O–H groups in total. The van der Waals surface area contributed by atoms with E-state index < -0.39 is 32.8 Å². The quantitative estimate of drug-likeness (QED) is 0.625. The molecule has 2 heterocycles. The van der Waals surface area contributed by atoms with E-state index in [0.717, 1.165) is 0 Å². The SMILES string of the molecule is CCS(=N)(=O)c1cc(C2(C#N)CC2)cnc1-c1nc(/C=C(\N)C(F)(F)F)c(C(C)=O)n1C. The number of hydrogen-bond donors (Lipinski definition) is 2. The van der Waals surface area contributed by atoms with Crippen molar-refractivity contribution in [3.63, 3.8) is 0 Å². The highest BCUT2D eigenvalue weighted by atomic mass is 32.2. The molecule has 1 fully saturated rings. The van der Waals surface area contributed by atoms with Crippen molar-refractivity contribution in [2.24, 2.45) is 12.8 Å². The number of halogens is 3. The Labute approximate surface area is 182 Å². The minimum atomic E-state index is -4.82. The molecule has 0 aliphatic heterocycles. The van der Waals surface area contributed by atoms with Crippen molar-refractivity contribution in [2.75, 3.05) is 5.75 Å². The van der Waals surface area contributed by atoms with Gasteiger partial charge in [0, 0.05) is 25.9 Å². The average molecular weight is 466 g/mol. The average Bonchev–Trinajstić information content (AvgIpc) is 3.45. The van der Waals surface area contributed by atoms with Crippen LogP contribution >= 0.6 is 0 Å². The third-order valence-corrected chi connectivity index (χ3v) is 7.25. The van der Waals surface area contributed by atoms with E-state index in [0.29, 0.717) is 24.5 Å². The molecule has 2 aromatic rings. The maximum atomic E-state index is 13.0. The summed E-state index contributed by atoms with van der Waals surface area (Å²) in [6.45, 7) is 2.73. The highest BCUT2D eigenvalue weighted by molar-refractivity contribution is 7.92. The Balaban J connectivity index is 2.30. The predicted octanol–water partition coefficient (Wildman–Crippen LogP) is 3.53. The number of carbonyl (C=O) groups is 1. The van der Waals surface area contributed by atoms with Gasteiger partial charge in [-0.3, -0.25) is 9.78 Å². The van der Waals surface area contributed by atoms with E-state index in [-0.39, 0.29) is 33.6 Å². The molecule has 1 aliphatic rings. The summed E-state index contributed by atoms with van der Waals surface area (Å²) < 4.78 is 61.4. The number of allylic oxidation sites excluding steroid dienone is 1. The Kier molecular flexibility index (Phi) is 5.67. The molecule has 0 spiro atoms. The van der Waals surface area contributed by atoms with Crippen LogP contribution in [0.15, 0.2) is 22.9 Å². The van der Waals surface area contributed by atoms with Gasteiger partial charge in [-0.25, -0.2) is 14.0 Å². The summed E-state index contributed by atoms with van der Waals surface area (Å²) in [4.78, 5) is 20.6. The monoisotopic (exact) mass is 466 g/mol. The van der Waals surface area contributed by atoms with Crippen LogP contribution in [0.1, 0.15) is 48.4 Å². The summed E-state index contributed by atoms with van der Waals surface area (Å²) in [7, 11) is -1.95. The number of carbonyl (C=O) groups excluding carboxylic acids is 1. The fourth-order valence-corrected chi connectivity index (χ4v) is 4.43. The molecule has 170 valence electrons. The van der Waals surface area contributed by atoms with Crippen molar-refractivity contribution in [1.82, 2.24) is 14.5 Å². The lowest BCUT2D eigenvalue weighted by molar-refractivity contribution is -0.0916. The number of aromatic nitrogens is 3. The number of nitrogens with one attached hydrogen (secondary N) is 1. The van der Waals surface area contributed by atoms with E-state index in [1.807, 2.05) is 0 Å². The highest BCUT2D eigenvalue weighted by Crippen LogP contribution is 2.48. The van der Waals surface area contributed by atoms with Gasteiger partial charge in [0.05, 0.1) is 31.8 Å². The van der Waals surface area contributed by atoms with Gasteiger partial charge in [-0.2, -0.15) is 18.4 Å². The molecule has 0 aromatic carbocycles. The molecule has 0 saturated heterocycles. The lowest BCUT2D eigenvalue weighted by atomic mass is 9.99. The number of imidazole rings is 1. The molecule has 12 heteroatoms. The first-order valence-corrected chi connectivity index (χ1v) is 11.3.